The zero-order chi connectivity index (χ0) is 31.1. The molecule has 8 heteroatoms. The number of hydrogen-bond donors (Lipinski definition) is 1. The Morgan fingerprint density at radius 2 is 1.63 bits per heavy atom. The van der Waals surface area contributed by atoms with Crippen LogP contribution in [0.5, 0.6) is 0 Å². The van der Waals surface area contributed by atoms with Crippen molar-refractivity contribution in [3.05, 3.63) is 51.9 Å². The molecule has 0 saturated heterocycles. The number of aliphatic hydroxyl groups excluding tert-OH is 1. The van der Waals surface area contributed by atoms with E-state index in [4.69, 9.17) is 4.98 Å². The van der Waals surface area contributed by atoms with Gasteiger partial charge < -0.3 is 5.11 Å². The third-order valence-electron chi connectivity index (χ3n) is 9.02. The fraction of sp³-hybridized carbons (Fsp3) is 0.514. The van der Waals surface area contributed by atoms with Crippen molar-refractivity contribution in [2.24, 2.45) is 11.8 Å². The number of ketones is 1. The van der Waals surface area contributed by atoms with Crippen LogP contribution in [0.15, 0.2) is 24.2 Å². The second kappa shape index (κ2) is 13.7. The summed E-state index contributed by atoms with van der Waals surface area (Å²) < 4.78 is 2.81. The van der Waals surface area contributed by atoms with Gasteiger partial charge in [-0.05, 0) is 70.0 Å². The average molecular weight is 812 g/mol. The van der Waals surface area contributed by atoms with Crippen LogP contribution in [0.25, 0.3) is 31.6 Å². The summed E-state index contributed by atoms with van der Waals surface area (Å²) in [7, 11) is -1.50. The first-order valence-electron chi connectivity index (χ1n) is 15.4. The molecular weight excluding hydrogens is 765 g/mol. The summed E-state index contributed by atoms with van der Waals surface area (Å²) in [6, 6.07) is 6.18. The number of thiophene rings is 2. The maximum absolute atomic E-state index is 11.7. The summed E-state index contributed by atoms with van der Waals surface area (Å²) in [5, 5.41) is 12.4. The van der Waals surface area contributed by atoms with Crippen molar-refractivity contribution >= 4 is 61.3 Å². The Hall–Kier alpha value is -1.70. The fourth-order valence-electron chi connectivity index (χ4n) is 6.15. The van der Waals surface area contributed by atoms with Gasteiger partial charge in [-0.25, -0.2) is 4.98 Å². The first-order valence-corrected chi connectivity index (χ1v) is 20.5. The Morgan fingerprint density at radius 1 is 1.02 bits per heavy atom. The van der Waals surface area contributed by atoms with Crippen LogP contribution in [0, 0.1) is 31.7 Å². The number of benzene rings is 1. The number of carbonyl (C=O) groups excluding carboxylic acids is 1. The number of rotatable bonds is 8. The van der Waals surface area contributed by atoms with Crippen LogP contribution < -0.4 is 4.50 Å². The zero-order valence-electron chi connectivity index (χ0n) is 27.6. The molecular formula is C35H47IrN2O2S2Si-. The zero-order valence-corrected chi connectivity index (χ0v) is 32.6. The average Bonchev–Trinajstić information content (AvgIpc) is 3.47. The van der Waals surface area contributed by atoms with E-state index in [0.717, 1.165) is 36.2 Å². The number of allylic oxidation sites excluding steroid dienone is 2. The number of aryl methyl sites for hydroxylation is 2. The molecule has 0 unspecified atom stereocenters. The predicted octanol–water partition coefficient (Wildman–Crippen LogP) is 10.0. The quantitative estimate of drug-likeness (QED) is 0.0834. The van der Waals surface area contributed by atoms with Gasteiger partial charge in [-0.2, -0.15) is 11.3 Å². The van der Waals surface area contributed by atoms with Crippen molar-refractivity contribution in [3.63, 3.8) is 0 Å². The van der Waals surface area contributed by atoms with Crippen LogP contribution in [-0.2, 0) is 30.3 Å². The molecule has 0 atom stereocenters. The van der Waals surface area contributed by atoms with E-state index in [0.29, 0.717) is 0 Å². The van der Waals surface area contributed by atoms with E-state index >= 15 is 0 Å². The van der Waals surface area contributed by atoms with E-state index in [1.807, 2.05) is 50.4 Å². The monoisotopic (exact) mass is 812 g/mol. The van der Waals surface area contributed by atoms with E-state index in [1.165, 1.54) is 48.7 Å². The molecule has 1 radical (unpaired) electrons. The number of aromatic nitrogens is 2. The molecule has 43 heavy (non-hydrogen) atoms. The van der Waals surface area contributed by atoms with Crippen molar-refractivity contribution in [2.75, 3.05) is 0 Å². The second-order valence-corrected chi connectivity index (χ2v) is 20.8. The molecule has 5 rings (SSSR count). The molecule has 1 aliphatic carbocycles. The van der Waals surface area contributed by atoms with Crippen LogP contribution in [0.3, 0.4) is 0 Å². The smallest absolute Gasteiger partial charge is 0.162 e. The van der Waals surface area contributed by atoms with Crippen LogP contribution in [0.1, 0.15) is 88.8 Å². The molecule has 0 aliphatic heterocycles. The van der Waals surface area contributed by atoms with Crippen molar-refractivity contribution in [2.45, 2.75) is 106 Å². The van der Waals surface area contributed by atoms with Gasteiger partial charge in [-0.1, -0.05) is 72.1 Å². The van der Waals surface area contributed by atoms with E-state index in [2.05, 4.69) is 64.5 Å². The summed E-state index contributed by atoms with van der Waals surface area (Å²) in [6.45, 7) is 24.6. The van der Waals surface area contributed by atoms with Gasteiger partial charge in [0.2, 0.25) is 0 Å². The molecule has 4 aromatic rings. The van der Waals surface area contributed by atoms with E-state index in [1.54, 1.807) is 10.8 Å². The number of nitrogens with zero attached hydrogens (tertiary/aromatic N) is 2. The molecule has 0 spiro atoms. The predicted molar refractivity (Wildman–Crippen MR) is 186 cm³/mol. The summed E-state index contributed by atoms with van der Waals surface area (Å²) in [5.41, 5.74) is 6.42. The molecule has 1 N–H and O–H groups in total. The third kappa shape index (κ3) is 6.65. The summed E-state index contributed by atoms with van der Waals surface area (Å²) in [6.07, 6.45) is 6.64. The minimum Gasteiger partial charge on any atom is -0.512 e. The molecule has 0 saturated carbocycles. The largest absolute Gasteiger partial charge is 0.512 e. The van der Waals surface area contributed by atoms with E-state index < -0.39 is 8.07 Å². The number of hydrogen-bond acceptors (Lipinski definition) is 6. The normalized spacial score (nSPS) is 14.1. The summed E-state index contributed by atoms with van der Waals surface area (Å²) in [4.78, 5) is 23.6. The Bertz CT molecular complexity index is 1650. The number of fused-ring (bicyclic) bond motifs is 3. The van der Waals surface area contributed by atoms with Gasteiger partial charge in [0.25, 0.3) is 0 Å². The molecule has 3 heterocycles. The van der Waals surface area contributed by atoms with Crippen molar-refractivity contribution < 1.29 is 30.0 Å². The Balaban J connectivity index is 0.000000274. The number of aliphatic hydroxyl groups is 1. The Kier molecular flexibility index (Phi) is 11.4. The topological polar surface area (TPSA) is 63.1 Å². The van der Waals surface area contributed by atoms with Crippen LogP contribution in [0.2, 0.25) is 19.6 Å². The molecule has 1 aromatic carbocycles. The summed E-state index contributed by atoms with van der Waals surface area (Å²) in [5.74, 6) is 0.547. The molecule has 0 bridgehead atoms. The second-order valence-electron chi connectivity index (χ2n) is 13.2. The summed E-state index contributed by atoms with van der Waals surface area (Å²) >= 11 is 3.74. The fourth-order valence-corrected chi connectivity index (χ4v) is 10.9. The maximum atomic E-state index is 11.7. The Labute approximate surface area is 280 Å². The van der Waals surface area contributed by atoms with Gasteiger partial charge in [-0.3, -0.25) is 9.78 Å². The first-order chi connectivity index (χ1) is 19.7. The van der Waals surface area contributed by atoms with Gasteiger partial charge >= 0.3 is 0 Å². The van der Waals surface area contributed by atoms with Crippen molar-refractivity contribution in [1.29, 1.82) is 0 Å². The molecule has 4 nitrogen and oxygen atoms in total. The molecule has 235 valence electrons. The maximum Gasteiger partial charge on any atom is 0.162 e. The minimum atomic E-state index is -1.50. The Morgan fingerprint density at radius 3 is 2.19 bits per heavy atom. The molecule has 0 fully saturated rings. The van der Waals surface area contributed by atoms with Gasteiger partial charge in [0.15, 0.2) is 5.78 Å². The van der Waals surface area contributed by atoms with Crippen LogP contribution in [-0.4, -0.2) is 28.9 Å². The molecule has 3 aromatic heterocycles. The van der Waals surface area contributed by atoms with Gasteiger partial charge in [-0.15, -0.1) is 34.6 Å². The van der Waals surface area contributed by atoms with E-state index in [9.17, 15) is 9.90 Å². The molecule has 0 amide bonds. The van der Waals surface area contributed by atoms with Crippen molar-refractivity contribution in [3.8, 4) is 11.3 Å². The number of carbonyl (C=O) groups is 1. The van der Waals surface area contributed by atoms with E-state index in [-0.39, 0.29) is 48.9 Å². The van der Waals surface area contributed by atoms with Crippen molar-refractivity contribution in [1.82, 2.24) is 9.97 Å². The van der Waals surface area contributed by atoms with Gasteiger partial charge in [0, 0.05) is 43.7 Å². The molecule has 1 aliphatic rings. The van der Waals surface area contributed by atoms with Gasteiger partial charge in [0.1, 0.15) is 11.2 Å². The standard InChI is InChI=1S/C22H23N2S2Si.C13H24O2.Ir/c1-11-12(2)25-16-9-14-15(8-13(11)16)22(3,4)18-17-19(14)23-10-24-20(17)26-21(18)27(5,6)7;1-5-10(6-2)12(14)9-13(15)11(7-3)8-4;/h8,10H,1-7H3;9-11,14H,5-8H2,1-4H3;/q-1;;/b;12-9-;. The minimum absolute atomic E-state index is 0. The van der Waals surface area contributed by atoms with Gasteiger partial charge in [0.05, 0.1) is 13.8 Å². The van der Waals surface area contributed by atoms with Crippen LogP contribution >= 0.6 is 22.7 Å². The SMILES string of the molecule is CCC(CC)C(=O)/C=C(\O)C(CC)CC.Cc1sc2[c-]c3c(cc2c1C)C(C)(C)c1c([Si](C)(C)C)sc2ncnc-3c12.[Ir]. The third-order valence-corrected chi connectivity index (χ3v) is 14.8. The first kappa shape index (κ1) is 35.8. The van der Waals surface area contributed by atoms with Crippen LogP contribution in [0.4, 0.5) is 0 Å².